The van der Waals surface area contributed by atoms with Gasteiger partial charge in [-0.1, -0.05) is 39.0 Å². The fourth-order valence-electron chi connectivity index (χ4n) is 2.19. The Labute approximate surface area is 128 Å². The Morgan fingerprint density at radius 1 is 1.14 bits per heavy atom. The zero-order valence-corrected chi connectivity index (χ0v) is 13.4. The Balaban J connectivity index is 2.27. The minimum absolute atomic E-state index is 0.485. The monoisotopic (exact) mass is 283 g/mol. The van der Waals surface area contributed by atoms with Gasteiger partial charge in [0, 0.05) is 31.0 Å². The normalized spacial score (nSPS) is 10.9. The van der Waals surface area contributed by atoms with Gasteiger partial charge in [-0.05, 0) is 36.2 Å². The zero-order chi connectivity index (χ0) is 15.2. The van der Waals surface area contributed by atoms with Crippen molar-refractivity contribution in [1.29, 1.82) is 0 Å². The molecule has 21 heavy (non-hydrogen) atoms. The molecule has 1 heterocycles. The number of pyridine rings is 1. The first-order valence-electron chi connectivity index (χ1n) is 7.62. The van der Waals surface area contributed by atoms with Gasteiger partial charge in [-0.15, -0.1) is 0 Å². The van der Waals surface area contributed by atoms with Crippen LogP contribution in [0, 0.1) is 0 Å². The van der Waals surface area contributed by atoms with Crippen LogP contribution >= 0.6 is 0 Å². The molecule has 0 saturated carbocycles. The molecule has 0 saturated heterocycles. The number of para-hydroxylation sites is 1. The molecule has 0 atom stereocenters. The van der Waals surface area contributed by atoms with Crippen molar-refractivity contribution in [1.82, 2.24) is 10.3 Å². The van der Waals surface area contributed by atoms with Crippen molar-refractivity contribution in [2.24, 2.45) is 0 Å². The van der Waals surface area contributed by atoms with Gasteiger partial charge < -0.3 is 10.2 Å². The van der Waals surface area contributed by atoms with Crippen LogP contribution in [0.5, 0.6) is 0 Å². The van der Waals surface area contributed by atoms with Crippen molar-refractivity contribution in [2.45, 2.75) is 39.8 Å². The molecule has 0 bridgehead atoms. The number of nitrogens with one attached hydrogen (secondary N) is 1. The topological polar surface area (TPSA) is 28.2 Å². The van der Waals surface area contributed by atoms with Gasteiger partial charge in [0.1, 0.15) is 5.82 Å². The number of aryl methyl sites for hydroxylation is 1. The lowest BCUT2D eigenvalue weighted by Gasteiger charge is -2.20. The van der Waals surface area contributed by atoms with Crippen LogP contribution in [0.4, 0.5) is 11.5 Å². The summed E-state index contributed by atoms with van der Waals surface area (Å²) in [6, 6.07) is 15.2. The van der Waals surface area contributed by atoms with E-state index in [1.165, 1.54) is 5.56 Å². The molecule has 0 aliphatic carbocycles. The van der Waals surface area contributed by atoms with Gasteiger partial charge >= 0.3 is 0 Å². The van der Waals surface area contributed by atoms with Gasteiger partial charge in [0.15, 0.2) is 0 Å². The minimum Gasteiger partial charge on any atom is -0.329 e. The van der Waals surface area contributed by atoms with Gasteiger partial charge in [-0.2, -0.15) is 0 Å². The average molecular weight is 283 g/mol. The maximum atomic E-state index is 4.75. The van der Waals surface area contributed by atoms with E-state index in [1.54, 1.807) is 0 Å². The molecule has 2 aromatic rings. The molecule has 1 N–H and O–H groups in total. The molecule has 1 aromatic heterocycles. The second-order valence-corrected chi connectivity index (χ2v) is 5.61. The van der Waals surface area contributed by atoms with E-state index in [1.807, 2.05) is 6.07 Å². The summed E-state index contributed by atoms with van der Waals surface area (Å²) in [4.78, 5) is 6.89. The second-order valence-electron chi connectivity index (χ2n) is 5.61. The lowest BCUT2D eigenvalue weighted by Crippen LogP contribution is -2.22. The van der Waals surface area contributed by atoms with Gasteiger partial charge in [-0.3, -0.25) is 0 Å². The minimum atomic E-state index is 0.485. The van der Waals surface area contributed by atoms with Crippen LogP contribution in [-0.4, -0.2) is 18.1 Å². The molecule has 112 valence electrons. The quantitative estimate of drug-likeness (QED) is 0.871. The number of anilines is 2. The Hall–Kier alpha value is -1.87. The van der Waals surface area contributed by atoms with E-state index in [2.05, 4.69) is 74.4 Å². The molecule has 1 aromatic carbocycles. The predicted molar refractivity (Wildman–Crippen MR) is 90.1 cm³/mol. The molecule has 3 nitrogen and oxygen atoms in total. The smallest absolute Gasteiger partial charge is 0.133 e. The molecule has 2 rings (SSSR count). The van der Waals surface area contributed by atoms with E-state index in [0.717, 1.165) is 30.2 Å². The highest BCUT2D eigenvalue weighted by molar-refractivity contribution is 5.59. The summed E-state index contributed by atoms with van der Waals surface area (Å²) in [6.45, 7) is 7.36. The molecule has 0 aliphatic heterocycles. The molecule has 0 fully saturated rings. The largest absolute Gasteiger partial charge is 0.329 e. The lowest BCUT2D eigenvalue weighted by molar-refractivity contribution is 0.588. The van der Waals surface area contributed by atoms with E-state index >= 15 is 0 Å². The molecule has 0 aliphatic rings. The summed E-state index contributed by atoms with van der Waals surface area (Å²) in [6.07, 6.45) is 0.950. The number of nitrogens with zero attached hydrogens (tertiary/aromatic N) is 2. The van der Waals surface area contributed by atoms with E-state index in [0.29, 0.717) is 6.04 Å². The van der Waals surface area contributed by atoms with E-state index < -0.39 is 0 Å². The van der Waals surface area contributed by atoms with Crippen molar-refractivity contribution in [3.63, 3.8) is 0 Å². The number of rotatable bonds is 6. The first-order chi connectivity index (χ1) is 10.1. The Morgan fingerprint density at radius 2 is 1.86 bits per heavy atom. The van der Waals surface area contributed by atoms with E-state index in [4.69, 9.17) is 4.98 Å². The van der Waals surface area contributed by atoms with Gasteiger partial charge in [0.25, 0.3) is 0 Å². The van der Waals surface area contributed by atoms with Crippen molar-refractivity contribution < 1.29 is 0 Å². The summed E-state index contributed by atoms with van der Waals surface area (Å²) in [5, 5.41) is 3.47. The molecular weight excluding hydrogens is 258 g/mol. The van der Waals surface area contributed by atoms with Gasteiger partial charge in [0.05, 0.1) is 0 Å². The van der Waals surface area contributed by atoms with E-state index in [9.17, 15) is 0 Å². The number of hydrogen-bond donors (Lipinski definition) is 1. The van der Waals surface area contributed by atoms with Crippen LogP contribution < -0.4 is 10.2 Å². The second kappa shape index (κ2) is 7.23. The van der Waals surface area contributed by atoms with Crippen LogP contribution in [0.25, 0.3) is 0 Å². The first kappa shape index (κ1) is 15.5. The Bertz CT molecular complexity index is 564. The molecule has 3 heteroatoms. The van der Waals surface area contributed by atoms with Crippen molar-refractivity contribution >= 4 is 11.5 Å². The summed E-state index contributed by atoms with van der Waals surface area (Å²) in [7, 11) is 2.07. The average Bonchev–Trinajstić information content (AvgIpc) is 2.52. The number of hydrogen-bond acceptors (Lipinski definition) is 3. The van der Waals surface area contributed by atoms with Crippen LogP contribution in [-0.2, 0) is 13.0 Å². The third-order valence-corrected chi connectivity index (χ3v) is 3.49. The SMILES string of the molecule is CCc1cc(CNC(C)C)cc(N(C)c2ccccc2)n1. The first-order valence-corrected chi connectivity index (χ1v) is 7.62. The molecule has 0 unspecified atom stereocenters. The van der Waals surface area contributed by atoms with Gasteiger partial charge in [-0.25, -0.2) is 4.98 Å². The van der Waals surface area contributed by atoms with Crippen LogP contribution in [0.3, 0.4) is 0 Å². The zero-order valence-electron chi connectivity index (χ0n) is 13.4. The third kappa shape index (κ3) is 4.30. The molecule has 0 amide bonds. The Kier molecular flexibility index (Phi) is 5.34. The summed E-state index contributed by atoms with van der Waals surface area (Å²) in [5.41, 5.74) is 3.57. The maximum Gasteiger partial charge on any atom is 0.133 e. The van der Waals surface area contributed by atoms with Gasteiger partial charge in [0.2, 0.25) is 0 Å². The van der Waals surface area contributed by atoms with E-state index in [-0.39, 0.29) is 0 Å². The maximum absolute atomic E-state index is 4.75. The van der Waals surface area contributed by atoms with Crippen LogP contribution in [0.15, 0.2) is 42.5 Å². The fourth-order valence-corrected chi connectivity index (χ4v) is 2.19. The highest BCUT2D eigenvalue weighted by atomic mass is 15.2. The van der Waals surface area contributed by atoms with Crippen molar-refractivity contribution in [2.75, 3.05) is 11.9 Å². The summed E-state index contributed by atoms with van der Waals surface area (Å²) in [5.74, 6) is 1.00. The number of benzene rings is 1. The number of aromatic nitrogens is 1. The molecular formula is C18H25N3. The fraction of sp³-hybridized carbons (Fsp3) is 0.389. The Morgan fingerprint density at radius 3 is 2.48 bits per heavy atom. The van der Waals surface area contributed by atoms with Crippen molar-refractivity contribution in [3.8, 4) is 0 Å². The summed E-state index contributed by atoms with van der Waals surface area (Å²) < 4.78 is 0. The lowest BCUT2D eigenvalue weighted by atomic mass is 10.1. The molecule has 0 spiro atoms. The predicted octanol–water partition coefficient (Wildman–Crippen LogP) is 3.91. The molecule has 0 radical (unpaired) electrons. The van der Waals surface area contributed by atoms with Crippen LogP contribution in [0.1, 0.15) is 32.0 Å². The van der Waals surface area contributed by atoms with Crippen LogP contribution in [0.2, 0.25) is 0 Å². The van der Waals surface area contributed by atoms with Crippen molar-refractivity contribution in [3.05, 3.63) is 53.7 Å². The third-order valence-electron chi connectivity index (χ3n) is 3.49. The summed E-state index contributed by atoms with van der Waals surface area (Å²) >= 11 is 0. The highest BCUT2D eigenvalue weighted by Crippen LogP contribution is 2.23. The highest BCUT2D eigenvalue weighted by Gasteiger charge is 2.08. The standard InChI is InChI=1S/C18H25N3/c1-5-16-11-15(13-19-14(2)3)12-18(20-16)21(4)17-9-7-6-8-10-17/h6-12,14,19H,5,13H2,1-4H3.